The second-order valence-electron chi connectivity index (χ2n) is 7.65. The lowest BCUT2D eigenvalue weighted by molar-refractivity contribution is 0.0933. The number of carbonyl (C=O) groups is 1. The first-order valence-electron chi connectivity index (χ1n) is 10.2. The lowest BCUT2D eigenvalue weighted by Gasteiger charge is -2.34. The summed E-state index contributed by atoms with van der Waals surface area (Å²) in [6.07, 6.45) is 1.44. The van der Waals surface area contributed by atoms with E-state index in [4.69, 9.17) is 4.42 Å². The fourth-order valence-corrected chi connectivity index (χ4v) is 4.26. The number of carbonyl (C=O) groups excluding carboxylic acids is 1. The van der Waals surface area contributed by atoms with Crippen LogP contribution in [0.1, 0.15) is 45.6 Å². The van der Waals surface area contributed by atoms with E-state index in [9.17, 15) is 4.79 Å². The van der Waals surface area contributed by atoms with Crippen molar-refractivity contribution >= 4 is 17.2 Å². The summed E-state index contributed by atoms with van der Waals surface area (Å²) in [5.41, 5.74) is 2.52. The summed E-state index contributed by atoms with van der Waals surface area (Å²) in [4.78, 5) is 26.1. The Morgan fingerprint density at radius 3 is 2.50 bits per heavy atom. The zero-order chi connectivity index (χ0) is 20.9. The average molecular weight is 426 g/mol. The van der Waals surface area contributed by atoms with Gasteiger partial charge in [-0.15, -0.1) is 11.3 Å². The van der Waals surface area contributed by atoms with Gasteiger partial charge in [-0.25, -0.2) is 9.97 Å². The molecule has 158 valence electrons. The van der Waals surface area contributed by atoms with Gasteiger partial charge in [0.2, 0.25) is 5.89 Å². The summed E-state index contributed by atoms with van der Waals surface area (Å²) in [5, 5.41) is 5.88. The van der Waals surface area contributed by atoms with Gasteiger partial charge < -0.3 is 9.73 Å². The lowest BCUT2D eigenvalue weighted by Crippen LogP contribution is -2.45. The Morgan fingerprint density at radius 1 is 1.13 bits per heavy atom. The van der Waals surface area contributed by atoms with Gasteiger partial charge in [0.1, 0.15) is 6.26 Å². The third kappa shape index (κ3) is 5.33. The summed E-state index contributed by atoms with van der Waals surface area (Å²) in [5.74, 6) is 0.338. The molecule has 0 bridgehead atoms. The first-order chi connectivity index (χ1) is 14.6. The van der Waals surface area contributed by atoms with E-state index >= 15 is 0 Å². The van der Waals surface area contributed by atoms with Crippen molar-refractivity contribution in [3.05, 3.63) is 69.8 Å². The van der Waals surface area contributed by atoms with Crippen LogP contribution < -0.4 is 5.32 Å². The highest BCUT2D eigenvalue weighted by molar-refractivity contribution is 7.09. The second-order valence-corrected chi connectivity index (χ2v) is 8.71. The molecule has 1 N–H and O–H groups in total. The number of aromatic nitrogens is 2. The maximum absolute atomic E-state index is 12.5. The Balaban J connectivity index is 1.25. The number of thiazole rings is 1. The van der Waals surface area contributed by atoms with Crippen molar-refractivity contribution < 1.29 is 9.21 Å². The van der Waals surface area contributed by atoms with Crippen molar-refractivity contribution in [1.82, 2.24) is 25.1 Å². The standard InChI is InChI=1S/C22H27N5O2S/c1-16(20-15-30-17(2)24-20)23-22(28)19-14-29-21(25-19)13-27-10-8-26(9-11-27)12-18-6-4-3-5-7-18/h3-7,14-16H,8-13H2,1-2H3,(H,23,28)/t16-/m0/s1. The summed E-state index contributed by atoms with van der Waals surface area (Å²) in [7, 11) is 0. The van der Waals surface area contributed by atoms with Crippen LogP contribution in [-0.4, -0.2) is 51.9 Å². The number of benzene rings is 1. The zero-order valence-corrected chi connectivity index (χ0v) is 18.2. The molecule has 1 fully saturated rings. The molecule has 0 spiro atoms. The SMILES string of the molecule is Cc1nc([C@H](C)NC(=O)c2coc(CN3CCN(Cc4ccccc4)CC3)n2)cs1. The molecule has 0 saturated carbocycles. The van der Waals surface area contributed by atoms with Crippen LogP contribution in [0, 0.1) is 6.92 Å². The van der Waals surface area contributed by atoms with Crippen molar-refractivity contribution in [2.24, 2.45) is 0 Å². The first kappa shape index (κ1) is 20.7. The van der Waals surface area contributed by atoms with Gasteiger partial charge in [-0.3, -0.25) is 14.6 Å². The highest BCUT2D eigenvalue weighted by Crippen LogP contribution is 2.17. The molecule has 1 aliphatic heterocycles. The van der Waals surface area contributed by atoms with Gasteiger partial charge in [0, 0.05) is 38.1 Å². The molecule has 7 nitrogen and oxygen atoms in total. The minimum Gasteiger partial charge on any atom is -0.447 e. The Bertz CT molecular complexity index is 963. The molecule has 1 atom stereocenters. The Morgan fingerprint density at radius 2 is 1.83 bits per heavy atom. The molecular weight excluding hydrogens is 398 g/mol. The van der Waals surface area contributed by atoms with Crippen LogP contribution in [0.15, 0.2) is 46.4 Å². The summed E-state index contributed by atoms with van der Waals surface area (Å²) in [6.45, 7) is 9.40. The quantitative estimate of drug-likeness (QED) is 0.626. The number of piperazine rings is 1. The lowest BCUT2D eigenvalue weighted by atomic mass is 10.2. The minimum absolute atomic E-state index is 0.166. The van der Waals surface area contributed by atoms with Crippen molar-refractivity contribution in [2.45, 2.75) is 33.0 Å². The van der Waals surface area contributed by atoms with E-state index in [1.807, 2.05) is 25.3 Å². The Hall–Kier alpha value is -2.55. The van der Waals surface area contributed by atoms with Crippen LogP contribution in [0.3, 0.4) is 0 Å². The van der Waals surface area contributed by atoms with Gasteiger partial charge in [0.05, 0.1) is 23.3 Å². The van der Waals surface area contributed by atoms with Crippen molar-refractivity contribution in [3.8, 4) is 0 Å². The maximum Gasteiger partial charge on any atom is 0.273 e. The van der Waals surface area contributed by atoms with Crippen LogP contribution in [0.5, 0.6) is 0 Å². The molecular formula is C22H27N5O2S. The smallest absolute Gasteiger partial charge is 0.273 e. The van der Waals surface area contributed by atoms with E-state index in [1.54, 1.807) is 11.3 Å². The average Bonchev–Trinajstić information content (AvgIpc) is 3.39. The molecule has 0 radical (unpaired) electrons. The Labute approximate surface area is 180 Å². The first-order valence-corrected chi connectivity index (χ1v) is 11.1. The van der Waals surface area contributed by atoms with Gasteiger partial charge in [-0.05, 0) is 19.4 Å². The number of amides is 1. The van der Waals surface area contributed by atoms with Gasteiger partial charge in [0.15, 0.2) is 5.69 Å². The fourth-order valence-electron chi connectivity index (χ4n) is 3.55. The van der Waals surface area contributed by atoms with Gasteiger partial charge in [0.25, 0.3) is 5.91 Å². The Kier molecular flexibility index (Phi) is 6.56. The van der Waals surface area contributed by atoms with Crippen LogP contribution >= 0.6 is 11.3 Å². The normalized spacial score (nSPS) is 16.5. The fraction of sp³-hybridized carbons (Fsp3) is 0.409. The van der Waals surface area contributed by atoms with Gasteiger partial charge >= 0.3 is 0 Å². The zero-order valence-electron chi connectivity index (χ0n) is 17.4. The topological polar surface area (TPSA) is 74.5 Å². The van der Waals surface area contributed by atoms with E-state index in [-0.39, 0.29) is 11.9 Å². The minimum atomic E-state index is -0.240. The molecule has 1 saturated heterocycles. The number of rotatable bonds is 7. The van der Waals surface area contributed by atoms with Crippen LogP contribution in [-0.2, 0) is 13.1 Å². The number of hydrogen-bond acceptors (Lipinski definition) is 7. The largest absolute Gasteiger partial charge is 0.447 e. The molecule has 8 heteroatoms. The molecule has 0 unspecified atom stereocenters. The highest BCUT2D eigenvalue weighted by atomic mass is 32.1. The third-order valence-electron chi connectivity index (χ3n) is 5.29. The molecule has 1 amide bonds. The predicted octanol–water partition coefficient (Wildman–Crippen LogP) is 3.25. The molecule has 2 aromatic heterocycles. The van der Waals surface area contributed by atoms with Crippen LogP contribution in [0.2, 0.25) is 0 Å². The monoisotopic (exact) mass is 425 g/mol. The molecule has 0 aliphatic carbocycles. The molecule has 3 aromatic rings. The van der Waals surface area contributed by atoms with Crippen LogP contribution in [0.25, 0.3) is 0 Å². The van der Waals surface area contributed by atoms with E-state index in [0.717, 1.165) is 43.4 Å². The summed E-state index contributed by atoms with van der Waals surface area (Å²) < 4.78 is 5.56. The maximum atomic E-state index is 12.5. The third-order valence-corrected chi connectivity index (χ3v) is 6.08. The number of aryl methyl sites for hydroxylation is 1. The van der Waals surface area contributed by atoms with Gasteiger partial charge in [-0.2, -0.15) is 0 Å². The molecule has 1 aromatic carbocycles. The summed E-state index contributed by atoms with van der Waals surface area (Å²) >= 11 is 1.57. The highest BCUT2D eigenvalue weighted by Gasteiger charge is 2.21. The van der Waals surface area contributed by atoms with Crippen molar-refractivity contribution in [1.29, 1.82) is 0 Å². The number of nitrogens with one attached hydrogen (secondary N) is 1. The second kappa shape index (κ2) is 9.51. The van der Waals surface area contributed by atoms with Crippen LogP contribution in [0.4, 0.5) is 0 Å². The number of hydrogen-bond donors (Lipinski definition) is 1. The molecule has 4 rings (SSSR count). The van der Waals surface area contributed by atoms with Gasteiger partial charge in [-0.1, -0.05) is 30.3 Å². The van der Waals surface area contributed by atoms with E-state index < -0.39 is 0 Å². The molecule has 3 heterocycles. The molecule has 1 aliphatic rings. The van der Waals surface area contributed by atoms with E-state index in [0.29, 0.717) is 18.1 Å². The molecule has 30 heavy (non-hydrogen) atoms. The predicted molar refractivity (Wildman–Crippen MR) is 116 cm³/mol. The number of nitrogens with zero attached hydrogens (tertiary/aromatic N) is 4. The number of oxazole rings is 1. The van der Waals surface area contributed by atoms with Crippen molar-refractivity contribution in [3.63, 3.8) is 0 Å². The van der Waals surface area contributed by atoms with E-state index in [1.165, 1.54) is 11.8 Å². The van der Waals surface area contributed by atoms with E-state index in [2.05, 4.69) is 49.4 Å². The van der Waals surface area contributed by atoms with Crippen molar-refractivity contribution in [2.75, 3.05) is 26.2 Å². The summed E-state index contributed by atoms with van der Waals surface area (Å²) in [6, 6.07) is 10.4.